The molecule has 1 N–H and O–H groups in total. The zero-order valence-corrected chi connectivity index (χ0v) is 13.1. The summed E-state index contributed by atoms with van der Waals surface area (Å²) in [6.07, 6.45) is 2.57. The molecule has 22 heavy (non-hydrogen) atoms. The first-order chi connectivity index (χ1) is 10.6. The van der Waals surface area contributed by atoms with Crippen molar-refractivity contribution in [3.05, 3.63) is 47.8 Å². The number of benzene rings is 1. The molecular formula is C17H22N4O. The molecule has 1 saturated carbocycles. The molecule has 0 aliphatic heterocycles. The Kier molecular flexibility index (Phi) is 4.24. The zero-order valence-electron chi connectivity index (χ0n) is 13.1. The number of hydrogen-bond acceptors (Lipinski definition) is 3. The molecule has 1 heterocycles. The summed E-state index contributed by atoms with van der Waals surface area (Å²) in [5, 5.41) is 7.36. The molecule has 1 aromatic heterocycles. The first kappa shape index (κ1) is 14.8. The minimum absolute atomic E-state index is 0.109. The number of nitrogens with one attached hydrogen (secondary N) is 1. The van der Waals surface area contributed by atoms with Gasteiger partial charge in [0.25, 0.3) is 5.91 Å². The van der Waals surface area contributed by atoms with Crippen LogP contribution in [0.4, 0.5) is 0 Å². The van der Waals surface area contributed by atoms with Crippen LogP contribution < -0.4 is 5.32 Å². The van der Waals surface area contributed by atoms with Crippen LogP contribution in [0.2, 0.25) is 0 Å². The molecule has 0 atom stereocenters. The van der Waals surface area contributed by atoms with Crippen molar-refractivity contribution in [1.29, 1.82) is 0 Å². The monoisotopic (exact) mass is 298 g/mol. The van der Waals surface area contributed by atoms with E-state index in [1.54, 1.807) is 4.68 Å². The summed E-state index contributed by atoms with van der Waals surface area (Å²) in [4.78, 5) is 14.5. The van der Waals surface area contributed by atoms with Gasteiger partial charge in [-0.2, -0.15) is 5.10 Å². The average molecular weight is 298 g/mol. The van der Waals surface area contributed by atoms with Crippen molar-refractivity contribution in [1.82, 2.24) is 20.0 Å². The minimum Gasteiger partial charge on any atom is -0.349 e. The summed E-state index contributed by atoms with van der Waals surface area (Å²) in [5.74, 6) is -0.109. The molecule has 1 aromatic carbocycles. The molecule has 5 heteroatoms. The maximum Gasteiger partial charge on any atom is 0.271 e. The Morgan fingerprint density at radius 1 is 1.36 bits per heavy atom. The number of aryl methyl sites for hydroxylation is 1. The predicted octanol–water partition coefficient (Wildman–Crippen LogP) is 2.00. The van der Waals surface area contributed by atoms with Crippen LogP contribution in [0.25, 0.3) is 5.69 Å². The Morgan fingerprint density at radius 3 is 2.77 bits per heavy atom. The number of nitrogens with zero attached hydrogens (tertiary/aromatic N) is 3. The van der Waals surface area contributed by atoms with Crippen LogP contribution in [0.3, 0.4) is 0 Å². The molecule has 0 radical (unpaired) electrons. The van der Waals surface area contributed by atoms with Gasteiger partial charge < -0.3 is 10.2 Å². The standard InChI is InChI=1S/C17H22N4O/c1-13-12-16(19-21(13)15-6-4-3-5-7-15)17(22)18-10-11-20(2)14-8-9-14/h3-7,12,14H,8-11H2,1-2H3,(H,18,22). The van der Waals surface area contributed by atoms with E-state index in [1.165, 1.54) is 12.8 Å². The highest BCUT2D eigenvalue weighted by molar-refractivity contribution is 5.92. The Morgan fingerprint density at radius 2 is 2.09 bits per heavy atom. The molecule has 1 amide bonds. The van der Waals surface area contributed by atoms with Gasteiger partial charge in [0.1, 0.15) is 0 Å². The molecule has 1 aliphatic carbocycles. The number of carbonyl (C=O) groups excluding carboxylic acids is 1. The van der Waals surface area contributed by atoms with E-state index < -0.39 is 0 Å². The van der Waals surface area contributed by atoms with Crippen LogP contribution in [0, 0.1) is 6.92 Å². The number of amides is 1. The van der Waals surface area contributed by atoms with Crippen LogP contribution in [0.15, 0.2) is 36.4 Å². The van der Waals surface area contributed by atoms with Gasteiger partial charge in [-0.3, -0.25) is 4.79 Å². The van der Waals surface area contributed by atoms with E-state index >= 15 is 0 Å². The minimum atomic E-state index is -0.109. The summed E-state index contributed by atoms with van der Waals surface area (Å²) < 4.78 is 1.80. The van der Waals surface area contributed by atoms with E-state index in [1.807, 2.05) is 43.3 Å². The topological polar surface area (TPSA) is 50.2 Å². The molecule has 0 bridgehead atoms. The summed E-state index contributed by atoms with van der Waals surface area (Å²) in [5.41, 5.74) is 2.38. The van der Waals surface area contributed by atoms with Crippen molar-refractivity contribution >= 4 is 5.91 Å². The fourth-order valence-corrected chi connectivity index (χ4v) is 2.55. The van der Waals surface area contributed by atoms with E-state index in [-0.39, 0.29) is 5.91 Å². The SMILES string of the molecule is Cc1cc(C(=O)NCCN(C)C2CC2)nn1-c1ccccc1. The normalized spacial score (nSPS) is 14.3. The van der Waals surface area contributed by atoms with Crippen LogP contribution in [-0.2, 0) is 0 Å². The number of likely N-dealkylation sites (N-methyl/N-ethyl adjacent to an activating group) is 1. The maximum atomic E-state index is 12.2. The third-order valence-electron chi connectivity index (χ3n) is 4.04. The molecule has 0 saturated heterocycles. The lowest BCUT2D eigenvalue weighted by Gasteiger charge is -2.15. The predicted molar refractivity (Wildman–Crippen MR) is 86.3 cm³/mol. The molecule has 0 unspecified atom stereocenters. The molecule has 1 fully saturated rings. The van der Waals surface area contributed by atoms with Crippen LogP contribution in [-0.4, -0.2) is 46.8 Å². The van der Waals surface area contributed by atoms with Crippen molar-refractivity contribution in [2.45, 2.75) is 25.8 Å². The van der Waals surface area contributed by atoms with E-state index in [2.05, 4.69) is 22.4 Å². The van der Waals surface area contributed by atoms with Gasteiger partial charge in [-0.25, -0.2) is 4.68 Å². The van der Waals surface area contributed by atoms with Gasteiger partial charge in [0.2, 0.25) is 0 Å². The van der Waals surface area contributed by atoms with Gasteiger partial charge in [0.05, 0.1) is 5.69 Å². The number of carbonyl (C=O) groups is 1. The van der Waals surface area contributed by atoms with Gasteiger partial charge >= 0.3 is 0 Å². The lowest BCUT2D eigenvalue weighted by molar-refractivity contribution is 0.0944. The quantitative estimate of drug-likeness (QED) is 0.887. The Balaban J connectivity index is 1.61. The first-order valence-electron chi connectivity index (χ1n) is 7.75. The van der Waals surface area contributed by atoms with Crippen molar-refractivity contribution in [2.24, 2.45) is 0 Å². The van der Waals surface area contributed by atoms with Gasteiger partial charge in [-0.1, -0.05) is 18.2 Å². The van der Waals surface area contributed by atoms with E-state index in [9.17, 15) is 4.79 Å². The smallest absolute Gasteiger partial charge is 0.271 e. The summed E-state index contributed by atoms with van der Waals surface area (Å²) >= 11 is 0. The average Bonchev–Trinajstić information content (AvgIpc) is 3.30. The Hall–Kier alpha value is -2.14. The van der Waals surface area contributed by atoms with Gasteiger partial charge in [-0.15, -0.1) is 0 Å². The number of aromatic nitrogens is 2. The third kappa shape index (κ3) is 3.36. The van der Waals surface area contributed by atoms with Crippen molar-refractivity contribution in [3.63, 3.8) is 0 Å². The molecule has 2 aromatic rings. The second-order valence-corrected chi connectivity index (χ2v) is 5.89. The molecule has 5 nitrogen and oxygen atoms in total. The summed E-state index contributed by atoms with van der Waals surface area (Å²) in [7, 11) is 2.11. The van der Waals surface area contributed by atoms with Crippen LogP contribution in [0.5, 0.6) is 0 Å². The highest BCUT2D eigenvalue weighted by Crippen LogP contribution is 2.24. The Labute approximate surface area is 130 Å². The third-order valence-corrected chi connectivity index (χ3v) is 4.04. The largest absolute Gasteiger partial charge is 0.349 e. The number of para-hydroxylation sites is 1. The zero-order chi connectivity index (χ0) is 15.5. The van der Waals surface area contributed by atoms with Gasteiger partial charge in [0, 0.05) is 24.8 Å². The van der Waals surface area contributed by atoms with E-state index in [0.717, 1.165) is 24.0 Å². The lowest BCUT2D eigenvalue weighted by atomic mass is 10.3. The maximum absolute atomic E-state index is 12.2. The summed E-state index contributed by atoms with van der Waals surface area (Å²) in [6, 6.07) is 12.4. The fourth-order valence-electron chi connectivity index (χ4n) is 2.55. The van der Waals surface area contributed by atoms with Gasteiger partial charge in [0.15, 0.2) is 5.69 Å². The van der Waals surface area contributed by atoms with Gasteiger partial charge in [-0.05, 0) is 45.0 Å². The van der Waals surface area contributed by atoms with E-state index in [4.69, 9.17) is 0 Å². The second-order valence-electron chi connectivity index (χ2n) is 5.89. The number of hydrogen-bond donors (Lipinski definition) is 1. The molecule has 3 rings (SSSR count). The highest BCUT2D eigenvalue weighted by atomic mass is 16.1. The van der Waals surface area contributed by atoms with Crippen molar-refractivity contribution < 1.29 is 4.79 Å². The van der Waals surface area contributed by atoms with Crippen LogP contribution >= 0.6 is 0 Å². The fraction of sp³-hybridized carbons (Fsp3) is 0.412. The number of rotatable bonds is 6. The highest BCUT2D eigenvalue weighted by Gasteiger charge is 2.25. The second kappa shape index (κ2) is 6.32. The van der Waals surface area contributed by atoms with Crippen LogP contribution in [0.1, 0.15) is 29.0 Å². The molecular weight excluding hydrogens is 276 g/mol. The molecule has 116 valence electrons. The lowest BCUT2D eigenvalue weighted by Crippen LogP contribution is -2.34. The Bertz CT molecular complexity index is 646. The van der Waals surface area contributed by atoms with Crippen molar-refractivity contribution in [2.75, 3.05) is 20.1 Å². The first-order valence-corrected chi connectivity index (χ1v) is 7.75. The van der Waals surface area contributed by atoms with E-state index in [0.29, 0.717) is 12.2 Å². The summed E-state index contributed by atoms with van der Waals surface area (Å²) in [6.45, 7) is 3.50. The molecule has 1 aliphatic rings. The van der Waals surface area contributed by atoms with Crippen molar-refractivity contribution in [3.8, 4) is 5.69 Å². The molecule has 0 spiro atoms.